The molecule has 0 aromatic heterocycles. The van der Waals surface area contributed by atoms with E-state index in [1.165, 1.54) is 0 Å². The minimum absolute atomic E-state index is 0.110. The lowest BCUT2D eigenvalue weighted by Gasteiger charge is -2.11. The highest BCUT2D eigenvalue weighted by molar-refractivity contribution is 7.91. The molecular formula is C10H20N2O3S. The molecule has 1 unspecified atom stereocenters. The predicted octanol–water partition coefficient (Wildman–Crippen LogP) is -0.368. The summed E-state index contributed by atoms with van der Waals surface area (Å²) < 4.78 is 22.4. The maximum Gasteiger partial charge on any atom is 0.239 e. The predicted molar refractivity (Wildman–Crippen MR) is 63.0 cm³/mol. The molecule has 0 aromatic rings. The summed E-state index contributed by atoms with van der Waals surface area (Å²) in [5, 5.41) is 3.10. The largest absolute Gasteiger partial charge is 0.344 e. The number of nitrogens with one attached hydrogen (secondary N) is 1. The van der Waals surface area contributed by atoms with Gasteiger partial charge < -0.3 is 10.2 Å². The van der Waals surface area contributed by atoms with Gasteiger partial charge in [0.1, 0.15) is 9.84 Å². The number of carbonyl (C=O) groups excluding carboxylic acids is 1. The first-order valence-electron chi connectivity index (χ1n) is 5.65. The SMILES string of the molecule is CCS(=O)(=O)CCCNC1CCN(C)C1=O. The topological polar surface area (TPSA) is 66.5 Å². The Kier molecular flexibility index (Phi) is 4.73. The Morgan fingerprint density at radius 3 is 2.69 bits per heavy atom. The van der Waals surface area contributed by atoms with Gasteiger partial charge in [-0.05, 0) is 19.4 Å². The van der Waals surface area contributed by atoms with E-state index in [-0.39, 0.29) is 23.5 Å². The highest BCUT2D eigenvalue weighted by Crippen LogP contribution is 2.08. The lowest BCUT2D eigenvalue weighted by molar-refractivity contribution is -0.128. The van der Waals surface area contributed by atoms with Crippen LogP contribution in [0.3, 0.4) is 0 Å². The number of likely N-dealkylation sites (N-methyl/N-ethyl adjacent to an activating group) is 1. The molecule has 6 heteroatoms. The standard InChI is InChI=1S/C10H20N2O3S/c1-3-16(14,15)8-4-6-11-9-5-7-12(2)10(9)13/h9,11H,3-8H2,1-2H3. The van der Waals surface area contributed by atoms with Gasteiger partial charge >= 0.3 is 0 Å². The van der Waals surface area contributed by atoms with Gasteiger partial charge in [-0.1, -0.05) is 6.92 Å². The first-order chi connectivity index (χ1) is 7.46. The van der Waals surface area contributed by atoms with Gasteiger partial charge in [-0.2, -0.15) is 0 Å². The first kappa shape index (κ1) is 13.4. The molecule has 1 rings (SSSR count). The molecule has 94 valence electrons. The third-order valence-electron chi connectivity index (χ3n) is 2.89. The van der Waals surface area contributed by atoms with E-state index in [1.807, 2.05) is 0 Å². The van der Waals surface area contributed by atoms with Gasteiger partial charge in [0.2, 0.25) is 5.91 Å². The summed E-state index contributed by atoms with van der Waals surface area (Å²) in [5.41, 5.74) is 0. The molecule has 1 fully saturated rings. The molecule has 1 aliphatic rings. The van der Waals surface area contributed by atoms with Crippen molar-refractivity contribution >= 4 is 15.7 Å². The van der Waals surface area contributed by atoms with Crippen LogP contribution in [0, 0.1) is 0 Å². The van der Waals surface area contributed by atoms with Gasteiger partial charge in [-0.15, -0.1) is 0 Å². The Balaban J connectivity index is 2.20. The normalized spacial score (nSPS) is 21.8. The zero-order valence-electron chi connectivity index (χ0n) is 9.90. The minimum atomic E-state index is -2.87. The molecule has 1 aliphatic heterocycles. The molecule has 1 heterocycles. The Morgan fingerprint density at radius 1 is 1.50 bits per heavy atom. The van der Waals surface area contributed by atoms with E-state index in [1.54, 1.807) is 18.9 Å². The van der Waals surface area contributed by atoms with Crippen molar-refractivity contribution in [3.05, 3.63) is 0 Å². The van der Waals surface area contributed by atoms with Gasteiger partial charge in [-0.3, -0.25) is 4.79 Å². The van der Waals surface area contributed by atoms with E-state index < -0.39 is 9.84 Å². The summed E-state index contributed by atoms with van der Waals surface area (Å²) in [4.78, 5) is 13.2. The van der Waals surface area contributed by atoms with Crippen LogP contribution in [0.25, 0.3) is 0 Å². The van der Waals surface area contributed by atoms with Crippen LogP contribution in [0.5, 0.6) is 0 Å². The fourth-order valence-corrected chi connectivity index (χ4v) is 2.60. The second-order valence-corrected chi connectivity index (χ2v) is 6.62. The van der Waals surface area contributed by atoms with E-state index >= 15 is 0 Å². The fourth-order valence-electron chi connectivity index (χ4n) is 1.72. The van der Waals surface area contributed by atoms with Crippen molar-refractivity contribution in [1.29, 1.82) is 0 Å². The van der Waals surface area contributed by atoms with E-state index in [2.05, 4.69) is 5.32 Å². The summed E-state index contributed by atoms with van der Waals surface area (Å²) >= 11 is 0. The third kappa shape index (κ3) is 3.75. The quantitative estimate of drug-likeness (QED) is 0.651. The number of carbonyl (C=O) groups is 1. The fraction of sp³-hybridized carbons (Fsp3) is 0.900. The minimum Gasteiger partial charge on any atom is -0.344 e. The zero-order valence-corrected chi connectivity index (χ0v) is 10.7. The molecule has 16 heavy (non-hydrogen) atoms. The summed E-state index contributed by atoms with van der Waals surface area (Å²) in [6.45, 7) is 3.02. The van der Waals surface area contributed by atoms with Crippen molar-refractivity contribution in [3.8, 4) is 0 Å². The van der Waals surface area contributed by atoms with Crippen molar-refractivity contribution < 1.29 is 13.2 Å². The summed E-state index contributed by atoms with van der Waals surface area (Å²) in [5.74, 6) is 0.504. The van der Waals surface area contributed by atoms with Gasteiger partial charge in [0.25, 0.3) is 0 Å². The van der Waals surface area contributed by atoms with Gasteiger partial charge in [0.05, 0.1) is 11.8 Å². The summed E-state index contributed by atoms with van der Waals surface area (Å²) in [6, 6.07) is -0.116. The average Bonchev–Trinajstić information content (AvgIpc) is 2.56. The molecule has 0 aromatic carbocycles. The van der Waals surface area contributed by atoms with Crippen LogP contribution in [0.4, 0.5) is 0 Å². The van der Waals surface area contributed by atoms with Crippen LogP contribution < -0.4 is 5.32 Å². The second-order valence-electron chi connectivity index (χ2n) is 4.15. The smallest absolute Gasteiger partial charge is 0.239 e. The number of amides is 1. The molecule has 0 bridgehead atoms. The van der Waals surface area contributed by atoms with Crippen LogP contribution in [-0.4, -0.2) is 56.9 Å². The maximum absolute atomic E-state index is 11.5. The molecule has 1 saturated heterocycles. The summed E-state index contributed by atoms with van der Waals surface area (Å²) in [6.07, 6.45) is 1.39. The summed E-state index contributed by atoms with van der Waals surface area (Å²) in [7, 11) is -1.09. The first-order valence-corrected chi connectivity index (χ1v) is 7.47. The Morgan fingerprint density at radius 2 is 2.19 bits per heavy atom. The zero-order chi connectivity index (χ0) is 12.2. The van der Waals surface area contributed by atoms with Crippen molar-refractivity contribution in [3.63, 3.8) is 0 Å². The Bertz CT molecular complexity index is 340. The lowest BCUT2D eigenvalue weighted by Crippen LogP contribution is -2.37. The molecule has 1 N–H and O–H groups in total. The molecule has 1 amide bonds. The van der Waals surface area contributed by atoms with Crippen molar-refractivity contribution in [2.24, 2.45) is 0 Å². The average molecular weight is 248 g/mol. The van der Waals surface area contributed by atoms with Crippen molar-refractivity contribution in [1.82, 2.24) is 10.2 Å². The van der Waals surface area contributed by atoms with Crippen LogP contribution in [0.15, 0.2) is 0 Å². The van der Waals surface area contributed by atoms with E-state index in [0.717, 1.165) is 13.0 Å². The van der Waals surface area contributed by atoms with Crippen molar-refractivity contribution in [2.45, 2.75) is 25.8 Å². The maximum atomic E-state index is 11.5. The molecule has 5 nitrogen and oxygen atoms in total. The molecule has 0 spiro atoms. The molecule has 0 saturated carbocycles. The number of rotatable bonds is 6. The number of likely N-dealkylation sites (tertiary alicyclic amines) is 1. The lowest BCUT2D eigenvalue weighted by atomic mass is 10.2. The van der Waals surface area contributed by atoms with Gasteiger partial charge in [0.15, 0.2) is 0 Å². The molecule has 0 aliphatic carbocycles. The highest BCUT2D eigenvalue weighted by atomic mass is 32.2. The monoisotopic (exact) mass is 248 g/mol. The van der Waals surface area contributed by atoms with Crippen LogP contribution >= 0.6 is 0 Å². The molecule has 0 radical (unpaired) electrons. The number of hydrogen-bond donors (Lipinski definition) is 1. The number of sulfone groups is 1. The Hall–Kier alpha value is -0.620. The number of hydrogen-bond acceptors (Lipinski definition) is 4. The van der Waals surface area contributed by atoms with E-state index in [0.29, 0.717) is 13.0 Å². The highest BCUT2D eigenvalue weighted by Gasteiger charge is 2.27. The van der Waals surface area contributed by atoms with E-state index in [9.17, 15) is 13.2 Å². The number of nitrogens with zero attached hydrogens (tertiary/aromatic N) is 1. The van der Waals surface area contributed by atoms with E-state index in [4.69, 9.17) is 0 Å². The molecule has 1 atom stereocenters. The molecular weight excluding hydrogens is 228 g/mol. The van der Waals surface area contributed by atoms with Crippen LogP contribution in [0.2, 0.25) is 0 Å². The second kappa shape index (κ2) is 5.63. The van der Waals surface area contributed by atoms with Crippen LogP contribution in [-0.2, 0) is 14.6 Å². The van der Waals surface area contributed by atoms with Crippen molar-refractivity contribution in [2.75, 3.05) is 31.6 Å². The van der Waals surface area contributed by atoms with Gasteiger partial charge in [-0.25, -0.2) is 8.42 Å². The van der Waals surface area contributed by atoms with Crippen LogP contribution in [0.1, 0.15) is 19.8 Å². The Labute approximate surface area is 97.1 Å². The third-order valence-corrected chi connectivity index (χ3v) is 4.68. The van der Waals surface area contributed by atoms with Gasteiger partial charge in [0, 0.05) is 19.3 Å².